The van der Waals surface area contributed by atoms with Crippen LogP contribution in [0.5, 0.6) is 0 Å². The standard InChI is InChI=1S/C14H17ClN2OS/c1-9-4-3-6-14(8-9,18-2)13-16-11(15)10-5-7-19-12(10)17-13/h5,7,9H,3-4,6,8H2,1-2H3. The molecule has 3 nitrogen and oxygen atoms in total. The van der Waals surface area contributed by atoms with Gasteiger partial charge in [0.05, 0.1) is 0 Å². The first-order valence-electron chi connectivity index (χ1n) is 6.61. The van der Waals surface area contributed by atoms with Crippen molar-refractivity contribution in [2.75, 3.05) is 7.11 Å². The summed E-state index contributed by atoms with van der Waals surface area (Å²) in [6.07, 6.45) is 4.34. The van der Waals surface area contributed by atoms with Crippen LogP contribution in [0.25, 0.3) is 10.2 Å². The molecule has 0 spiro atoms. The minimum Gasteiger partial charge on any atom is -0.370 e. The highest BCUT2D eigenvalue weighted by atomic mass is 35.5. The van der Waals surface area contributed by atoms with Gasteiger partial charge in [0.25, 0.3) is 0 Å². The fourth-order valence-electron chi connectivity index (χ4n) is 3.01. The first kappa shape index (κ1) is 13.3. The Labute approximate surface area is 122 Å². The zero-order chi connectivity index (χ0) is 13.5. The molecular formula is C14H17ClN2OS. The molecule has 1 saturated carbocycles. The van der Waals surface area contributed by atoms with Gasteiger partial charge >= 0.3 is 0 Å². The van der Waals surface area contributed by atoms with E-state index in [1.165, 1.54) is 6.42 Å². The first-order valence-corrected chi connectivity index (χ1v) is 7.87. The smallest absolute Gasteiger partial charge is 0.163 e. The second kappa shape index (κ2) is 5.00. The second-order valence-corrected chi connectivity index (χ2v) is 6.63. The lowest BCUT2D eigenvalue weighted by Gasteiger charge is -2.37. The molecule has 19 heavy (non-hydrogen) atoms. The normalized spacial score (nSPS) is 27.8. The Kier molecular flexibility index (Phi) is 3.50. The Morgan fingerprint density at radius 3 is 3.05 bits per heavy atom. The molecule has 1 aliphatic rings. The molecule has 2 aromatic rings. The van der Waals surface area contributed by atoms with Crippen molar-refractivity contribution in [1.29, 1.82) is 0 Å². The van der Waals surface area contributed by atoms with Gasteiger partial charge in [0.15, 0.2) is 5.82 Å². The lowest BCUT2D eigenvalue weighted by molar-refractivity contribution is -0.0643. The summed E-state index contributed by atoms with van der Waals surface area (Å²) < 4.78 is 5.84. The number of aromatic nitrogens is 2. The molecule has 1 aliphatic carbocycles. The molecule has 102 valence electrons. The summed E-state index contributed by atoms with van der Waals surface area (Å²) in [5, 5.41) is 3.47. The number of ether oxygens (including phenoxy) is 1. The van der Waals surface area contributed by atoms with E-state index in [9.17, 15) is 0 Å². The summed E-state index contributed by atoms with van der Waals surface area (Å²) >= 11 is 7.88. The van der Waals surface area contributed by atoms with E-state index in [4.69, 9.17) is 21.3 Å². The molecule has 0 N–H and O–H groups in total. The van der Waals surface area contributed by atoms with E-state index in [-0.39, 0.29) is 5.60 Å². The highest BCUT2D eigenvalue weighted by Crippen LogP contribution is 2.42. The number of nitrogens with zero attached hydrogens (tertiary/aromatic N) is 2. The third-order valence-corrected chi connectivity index (χ3v) is 5.13. The van der Waals surface area contributed by atoms with E-state index in [1.54, 1.807) is 18.4 Å². The molecule has 2 unspecified atom stereocenters. The molecule has 2 atom stereocenters. The molecule has 0 aromatic carbocycles. The van der Waals surface area contributed by atoms with Crippen LogP contribution >= 0.6 is 22.9 Å². The Morgan fingerprint density at radius 2 is 2.32 bits per heavy atom. The molecule has 0 aliphatic heterocycles. The van der Waals surface area contributed by atoms with E-state index in [1.807, 2.05) is 11.4 Å². The summed E-state index contributed by atoms with van der Waals surface area (Å²) in [5.74, 6) is 1.39. The molecule has 2 heterocycles. The molecule has 5 heteroatoms. The van der Waals surface area contributed by atoms with E-state index in [0.29, 0.717) is 11.1 Å². The third kappa shape index (κ3) is 2.26. The van der Waals surface area contributed by atoms with E-state index in [0.717, 1.165) is 35.3 Å². The van der Waals surface area contributed by atoms with Crippen LogP contribution in [0.1, 0.15) is 38.4 Å². The molecular weight excluding hydrogens is 280 g/mol. The zero-order valence-corrected chi connectivity index (χ0v) is 12.7. The highest BCUT2D eigenvalue weighted by molar-refractivity contribution is 7.16. The maximum Gasteiger partial charge on any atom is 0.163 e. The van der Waals surface area contributed by atoms with Crippen molar-refractivity contribution in [3.05, 3.63) is 22.4 Å². The van der Waals surface area contributed by atoms with Crippen molar-refractivity contribution in [3.8, 4) is 0 Å². The maximum atomic E-state index is 6.28. The third-order valence-electron chi connectivity index (χ3n) is 4.03. The van der Waals surface area contributed by atoms with Crippen molar-refractivity contribution in [2.45, 2.75) is 38.2 Å². The van der Waals surface area contributed by atoms with Crippen LogP contribution in [0.15, 0.2) is 11.4 Å². The highest BCUT2D eigenvalue weighted by Gasteiger charge is 2.39. The molecule has 0 bridgehead atoms. The number of hydrogen-bond acceptors (Lipinski definition) is 4. The van der Waals surface area contributed by atoms with Crippen LogP contribution in [0.3, 0.4) is 0 Å². The van der Waals surface area contributed by atoms with E-state index in [2.05, 4.69) is 11.9 Å². The summed E-state index contributed by atoms with van der Waals surface area (Å²) in [6.45, 7) is 2.26. The Hall–Kier alpha value is -0.710. The minimum atomic E-state index is -0.362. The average molecular weight is 297 g/mol. The molecule has 0 radical (unpaired) electrons. The molecule has 0 saturated heterocycles. The molecule has 0 amide bonds. The van der Waals surface area contributed by atoms with Gasteiger partial charge in [-0.3, -0.25) is 0 Å². The second-order valence-electron chi connectivity index (χ2n) is 5.38. The predicted molar refractivity (Wildman–Crippen MR) is 78.7 cm³/mol. The van der Waals surface area contributed by atoms with Crippen molar-refractivity contribution >= 4 is 33.2 Å². The lowest BCUT2D eigenvalue weighted by atomic mass is 9.78. The molecule has 1 fully saturated rings. The summed E-state index contributed by atoms with van der Waals surface area (Å²) in [7, 11) is 1.76. The number of halogens is 1. The van der Waals surface area contributed by atoms with Gasteiger partial charge in [0.1, 0.15) is 15.6 Å². The van der Waals surface area contributed by atoms with Crippen molar-refractivity contribution < 1.29 is 4.74 Å². The number of rotatable bonds is 2. The largest absolute Gasteiger partial charge is 0.370 e. The lowest BCUT2D eigenvalue weighted by Crippen LogP contribution is -2.36. The fourth-order valence-corrected chi connectivity index (χ4v) is 4.06. The minimum absolute atomic E-state index is 0.362. The van der Waals surface area contributed by atoms with E-state index >= 15 is 0 Å². The number of hydrogen-bond donors (Lipinski definition) is 0. The summed E-state index contributed by atoms with van der Waals surface area (Å²) in [5.41, 5.74) is -0.362. The van der Waals surface area contributed by atoms with Gasteiger partial charge in [-0.15, -0.1) is 11.3 Å². The zero-order valence-electron chi connectivity index (χ0n) is 11.1. The van der Waals surface area contributed by atoms with Crippen LogP contribution in [0.2, 0.25) is 5.15 Å². The Balaban J connectivity index is 2.10. The molecule has 2 aromatic heterocycles. The number of fused-ring (bicyclic) bond motifs is 1. The van der Waals surface area contributed by atoms with Crippen LogP contribution in [-0.2, 0) is 10.3 Å². The summed E-state index contributed by atoms with van der Waals surface area (Å²) in [6, 6.07) is 1.97. The van der Waals surface area contributed by atoms with Crippen molar-refractivity contribution in [2.24, 2.45) is 5.92 Å². The van der Waals surface area contributed by atoms with Crippen LogP contribution in [-0.4, -0.2) is 17.1 Å². The van der Waals surface area contributed by atoms with Crippen molar-refractivity contribution in [1.82, 2.24) is 9.97 Å². The van der Waals surface area contributed by atoms with Gasteiger partial charge in [-0.05, 0) is 36.6 Å². The fraction of sp³-hybridized carbons (Fsp3) is 0.571. The van der Waals surface area contributed by atoms with Gasteiger partial charge < -0.3 is 4.74 Å². The summed E-state index contributed by atoms with van der Waals surface area (Å²) in [4.78, 5) is 10.2. The quantitative estimate of drug-likeness (QED) is 0.771. The predicted octanol–water partition coefficient (Wildman–Crippen LogP) is 4.40. The van der Waals surface area contributed by atoms with Crippen LogP contribution < -0.4 is 0 Å². The van der Waals surface area contributed by atoms with Gasteiger partial charge in [-0.2, -0.15) is 0 Å². The van der Waals surface area contributed by atoms with Crippen LogP contribution in [0.4, 0.5) is 0 Å². The van der Waals surface area contributed by atoms with Crippen molar-refractivity contribution in [3.63, 3.8) is 0 Å². The topological polar surface area (TPSA) is 35.0 Å². The first-order chi connectivity index (χ1) is 9.14. The van der Waals surface area contributed by atoms with Gasteiger partial charge in [-0.25, -0.2) is 9.97 Å². The van der Waals surface area contributed by atoms with Crippen LogP contribution in [0, 0.1) is 5.92 Å². The Bertz CT molecular complexity index is 600. The number of methoxy groups -OCH3 is 1. The van der Waals surface area contributed by atoms with Gasteiger partial charge in [0, 0.05) is 12.5 Å². The Morgan fingerprint density at radius 1 is 1.47 bits per heavy atom. The SMILES string of the molecule is COC1(c2nc(Cl)c3ccsc3n2)CCCC(C)C1. The number of thiophene rings is 1. The average Bonchev–Trinajstić information content (AvgIpc) is 2.87. The van der Waals surface area contributed by atoms with Gasteiger partial charge in [-0.1, -0.05) is 24.9 Å². The maximum absolute atomic E-state index is 6.28. The van der Waals surface area contributed by atoms with E-state index < -0.39 is 0 Å². The molecule has 3 rings (SSSR count). The van der Waals surface area contributed by atoms with Gasteiger partial charge in [0.2, 0.25) is 0 Å². The monoisotopic (exact) mass is 296 g/mol.